The van der Waals surface area contributed by atoms with Gasteiger partial charge in [-0.25, -0.2) is 9.37 Å². The third-order valence-corrected chi connectivity index (χ3v) is 8.05. The minimum atomic E-state index is -1.25. The molecule has 0 unspecified atom stereocenters. The second-order valence-corrected chi connectivity index (χ2v) is 10.6. The molecule has 0 bridgehead atoms. The van der Waals surface area contributed by atoms with Gasteiger partial charge in [-0.15, -0.1) is 11.3 Å². The van der Waals surface area contributed by atoms with Gasteiger partial charge in [-0.05, 0) is 48.7 Å². The third-order valence-electron chi connectivity index (χ3n) is 6.64. The second-order valence-electron chi connectivity index (χ2n) is 9.09. The minimum Gasteiger partial charge on any atom is -0.444 e. The molecule has 35 heavy (non-hydrogen) atoms. The van der Waals surface area contributed by atoms with Gasteiger partial charge in [0.1, 0.15) is 16.5 Å². The number of halogens is 2. The lowest BCUT2D eigenvalue weighted by molar-refractivity contribution is -0.0708. The lowest BCUT2D eigenvalue weighted by Crippen LogP contribution is -2.32. The van der Waals surface area contributed by atoms with Crippen LogP contribution in [0, 0.1) is 5.82 Å². The summed E-state index contributed by atoms with van der Waals surface area (Å²) in [6, 6.07) is 12.6. The van der Waals surface area contributed by atoms with Gasteiger partial charge in [-0.2, -0.15) is 0 Å². The summed E-state index contributed by atoms with van der Waals surface area (Å²) in [5.74, 6) is 0.569. The van der Waals surface area contributed by atoms with E-state index in [1.165, 1.54) is 16.5 Å². The molecule has 4 heterocycles. The average molecular weight is 510 g/mol. The molecule has 4 aromatic rings. The number of benzene rings is 2. The lowest BCUT2D eigenvalue weighted by Gasteiger charge is -2.26. The van der Waals surface area contributed by atoms with Gasteiger partial charge in [0.15, 0.2) is 11.5 Å². The molecule has 0 radical (unpaired) electrons. The zero-order valence-electron chi connectivity index (χ0n) is 19.5. The van der Waals surface area contributed by atoms with Crippen LogP contribution in [0.25, 0.3) is 15.9 Å². The molecular formula is C27H25ClFN3O2S. The Labute approximate surface area is 212 Å². The van der Waals surface area contributed by atoms with E-state index in [0.717, 1.165) is 54.2 Å². The first-order valence-electron chi connectivity index (χ1n) is 11.8. The first kappa shape index (κ1) is 22.6. The Hall–Kier alpha value is -2.87. The maximum absolute atomic E-state index is 14.7. The fourth-order valence-corrected chi connectivity index (χ4v) is 5.92. The van der Waals surface area contributed by atoms with Gasteiger partial charge < -0.3 is 14.5 Å². The third kappa shape index (κ3) is 4.11. The van der Waals surface area contributed by atoms with Crippen LogP contribution in [0.4, 0.5) is 4.39 Å². The van der Waals surface area contributed by atoms with E-state index >= 15 is 0 Å². The van der Waals surface area contributed by atoms with Crippen molar-refractivity contribution in [2.75, 3.05) is 13.1 Å². The van der Waals surface area contributed by atoms with Crippen LogP contribution in [0.2, 0.25) is 5.02 Å². The number of nitrogens with zero attached hydrogens (tertiary/aromatic N) is 2. The van der Waals surface area contributed by atoms with E-state index in [-0.39, 0.29) is 0 Å². The molecule has 2 aromatic heterocycles. The molecule has 0 fully saturated rings. The molecule has 0 saturated heterocycles. The average Bonchev–Trinajstić information content (AvgIpc) is 3.50. The second kappa shape index (κ2) is 8.66. The molecule has 180 valence electrons. The van der Waals surface area contributed by atoms with E-state index in [1.807, 2.05) is 18.2 Å². The standard InChI is InChI=1S/C27H25ClFN3O2S/c1-3-18-14-22-26(35-18)31-24(30-22)15-32-11-9-16(10-12-32)19-5-4-6-23-25(19)34-27(2,33-23)20-8-7-17(28)13-21(20)29/h4-9,13-14H,3,10-12,15H2,1-2H3,(H,30,31)/t27-/m1/s1. The largest absolute Gasteiger partial charge is 0.444 e. The van der Waals surface area contributed by atoms with Crippen LogP contribution >= 0.6 is 22.9 Å². The van der Waals surface area contributed by atoms with Crippen molar-refractivity contribution in [1.82, 2.24) is 14.9 Å². The number of rotatable bonds is 5. The maximum Gasteiger partial charge on any atom is 0.278 e. The van der Waals surface area contributed by atoms with Gasteiger partial charge in [0, 0.05) is 35.5 Å². The number of aromatic nitrogens is 2. The molecule has 2 aromatic carbocycles. The van der Waals surface area contributed by atoms with Crippen molar-refractivity contribution in [3.8, 4) is 11.5 Å². The number of imidazole rings is 1. The van der Waals surface area contributed by atoms with E-state index in [0.29, 0.717) is 22.1 Å². The maximum atomic E-state index is 14.7. The molecule has 5 nitrogen and oxygen atoms in total. The Morgan fingerprint density at radius 1 is 1.23 bits per heavy atom. The summed E-state index contributed by atoms with van der Waals surface area (Å²) in [4.78, 5) is 13.1. The van der Waals surface area contributed by atoms with Crippen LogP contribution in [-0.4, -0.2) is 28.0 Å². The Bertz CT molecular complexity index is 1430. The van der Waals surface area contributed by atoms with Gasteiger partial charge in [-0.3, -0.25) is 4.90 Å². The molecule has 0 saturated carbocycles. The molecular weight excluding hydrogens is 485 g/mol. The van der Waals surface area contributed by atoms with Crippen LogP contribution < -0.4 is 9.47 Å². The first-order chi connectivity index (χ1) is 16.9. The number of hydrogen-bond acceptors (Lipinski definition) is 5. The molecule has 0 amide bonds. The first-order valence-corrected chi connectivity index (χ1v) is 13.0. The van der Waals surface area contributed by atoms with Gasteiger partial charge >= 0.3 is 0 Å². The normalized spacial score (nSPS) is 19.9. The summed E-state index contributed by atoms with van der Waals surface area (Å²) in [5.41, 5.74) is 3.64. The molecule has 2 aliphatic heterocycles. The molecule has 1 atom stereocenters. The SMILES string of the molecule is CCc1cc2[nH]c(CN3CC=C(c4cccc5c4O[C@](C)(c4ccc(Cl)cc4F)O5)CC3)nc2s1. The summed E-state index contributed by atoms with van der Waals surface area (Å²) in [6.07, 6.45) is 4.15. The van der Waals surface area contributed by atoms with Crippen molar-refractivity contribution in [1.29, 1.82) is 0 Å². The minimum absolute atomic E-state index is 0.317. The fraction of sp³-hybridized carbons (Fsp3) is 0.296. The van der Waals surface area contributed by atoms with Gasteiger partial charge in [0.2, 0.25) is 0 Å². The lowest BCUT2D eigenvalue weighted by atomic mass is 9.98. The highest BCUT2D eigenvalue weighted by molar-refractivity contribution is 7.18. The molecule has 0 spiro atoms. The van der Waals surface area contributed by atoms with E-state index in [4.69, 9.17) is 26.1 Å². The summed E-state index contributed by atoms with van der Waals surface area (Å²) in [7, 11) is 0. The predicted molar refractivity (Wildman–Crippen MR) is 138 cm³/mol. The molecule has 0 aliphatic carbocycles. The number of fused-ring (bicyclic) bond motifs is 2. The van der Waals surface area contributed by atoms with Crippen LogP contribution in [0.3, 0.4) is 0 Å². The Kier molecular flexibility index (Phi) is 5.59. The van der Waals surface area contributed by atoms with E-state index in [1.54, 1.807) is 30.4 Å². The van der Waals surface area contributed by atoms with Crippen LogP contribution in [0.1, 0.15) is 42.1 Å². The van der Waals surface area contributed by atoms with Crippen LogP contribution in [0.5, 0.6) is 11.5 Å². The summed E-state index contributed by atoms with van der Waals surface area (Å²) in [6.45, 7) is 6.41. The van der Waals surface area contributed by atoms with E-state index in [9.17, 15) is 4.39 Å². The summed E-state index contributed by atoms with van der Waals surface area (Å²) in [5, 5.41) is 0.336. The highest BCUT2D eigenvalue weighted by Crippen LogP contribution is 2.49. The van der Waals surface area contributed by atoms with Crippen LogP contribution in [0.15, 0.2) is 48.5 Å². The molecule has 8 heteroatoms. The molecule has 6 rings (SSSR count). The van der Waals surface area contributed by atoms with Crippen molar-refractivity contribution in [2.45, 2.75) is 39.0 Å². The number of aryl methyl sites for hydroxylation is 1. The Morgan fingerprint density at radius 3 is 2.86 bits per heavy atom. The number of H-pyrrole nitrogens is 1. The van der Waals surface area contributed by atoms with Crippen LogP contribution in [-0.2, 0) is 18.8 Å². The van der Waals surface area contributed by atoms with E-state index < -0.39 is 11.6 Å². The Balaban J connectivity index is 1.19. The zero-order chi connectivity index (χ0) is 24.2. The number of thiophene rings is 1. The van der Waals surface area contributed by atoms with Gasteiger partial charge in [-0.1, -0.05) is 36.7 Å². The topological polar surface area (TPSA) is 50.4 Å². The highest BCUT2D eigenvalue weighted by atomic mass is 35.5. The summed E-state index contributed by atoms with van der Waals surface area (Å²) >= 11 is 7.70. The van der Waals surface area contributed by atoms with Gasteiger partial charge in [0.05, 0.1) is 17.6 Å². The Morgan fingerprint density at radius 2 is 2.11 bits per heavy atom. The molecule has 2 aliphatic rings. The van der Waals surface area contributed by atoms with Gasteiger partial charge in [0.25, 0.3) is 5.79 Å². The van der Waals surface area contributed by atoms with Crippen molar-refractivity contribution in [3.63, 3.8) is 0 Å². The quantitative estimate of drug-likeness (QED) is 0.317. The molecule has 1 N–H and O–H groups in total. The highest BCUT2D eigenvalue weighted by Gasteiger charge is 2.42. The zero-order valence-corrected chi connectivity index (χ0v) is 21.1. The number of hydrogen-bond donors (Lipinski definition) is 1. The number of ether oxygens (including phenoxy) is 2. The number of para-hydroxylation sites is 1. The number of aromatic amines is 1. The fourth-order valence-electron chi connectivity index (χ4n) is 4.82. The summed E-state index contributed by atoms with van der Waals surface area (Å²) < 4.78 is 27.1. The van der Waals surface area contributed by atoms with Crippen molar-refractivity contribution >= 4 is 38.9 Å². The smallest absolute Gasteiger partial charge is 0.278 e. The number of nitrogens with one attached hydrogen (secondary N) is 1. The monoisotopic (exact) mass is 509 g/mol. The predicted octanol–water partition coefficient (Wildman–Crippen LogP) is 6.91. The van der Waals surface area contributed by atoms with E-state index in [2.05, 4.69) is 29.0 Å². The van der Waals surface area contributed by atoms with Crippen molar-refractivity contribution in [2.24, 2.45) is 0 Å². The van der Waals surface area contributed by atoms with Crippen molar-refractivity contribution < 1.29 is 13.9 Å². The van der Waals surface area contributed by atoms with Crippen molar-refractivity contribution in [3.05, 3.63) is 81.2 Å².